The highest BCUT2D eigenvalue weighted by Crippen LogP contribution is 2.28. The Morgan fingerprint density at radius 1 is 1.29 bits per heavy atom. The third-order valence-electron chi connectivity index (χ3n) is 2.26. The Hall–Kier alpha value is -1.000. The van der Waals surface area contributed by atoms with Crippen LogP contribution in [0.4, 0.5) is 0 Å². The lowest BCUT2D eigenvalue weighted by atomic mass is 10.3. The molecule has 0 amide bonds. The van der Waals surface area contributed by atoms with E-state index in [1.54, 1.807) is 6.20 Å². The van der Waals surface area contributed by atoms with Gasteiger partial charge in [-0.1, -0.05) is 27.5 Å². The van der Waals surface area contributed by atoms with E-state index in [-0.39, 0.29) is 6.04 Å². The molecule has 0 aliphatic rings. The number of halogens is 2. The zero-order valence-electron chi connectivity index (χ0n) is 9.52. The van der Waals surface area contributed by atoms with Gasteiger partial charge in [-0.15, -0.1) is 0 Å². The lowest BCUT2D eigenvalue weighted by Crippen LogP contribution is -2.03. The number of imidazole rings is 1. The summed E-state index contributed by atoms with van der Waals surface area (Å²) in [5, 5.41) is 0.576. The van der Waals surface area contributed by atoms with Crippen LogP contribution in [0, 0.1) is 0 Å². The average Bonchev–Trinajstić information content (AvgIpc) is 2.63. The van der Waals surface area contributed by atoms with Crippen molar-refractivity contribution in [2.24, 2.45) is 0 Å². The van der Waals surface area contributed by atoms with Crippen LogP contribution in [0.1, 0.15) is 19.9 Å². The molecule has 0 unspecified atom stereocenters. The van der Waals surface area contributed by atoms with Crippen LogP contribution in [0.25, 0.3) is 0 Å². The van der Waals surface area contributed by atoms with Gasteiger partial charge in [-0.3, -0.25) is 4.57 Å². The minimum Gasteiger partial charge on any atom is -0.425 e. The number of benzene rings is 1. The van der Waals surface area contributed by atoms with Gasteiger partial charge in [-0.25, -0.2) is 4.98 Å². The van der Waals surface area contributed by atoms with Crippen molar-refractivity contribution >= 4 is 27.5 Å². The van der Waals surface area contributed by atoms with E-state index in [1.165, 1.54) is 0 Å². The van der Waals surface area contributed by atoms with E-state index in [4.69, 9.17) is 16.3 Å². The molecular formula is C12H12BrClN2O. The SMILES string of the molecule is CC(C)n1c(Cl)cnc1Oc1ccc(Br)cc1. The van der Waals surface area contributed by atoms with Gasteiger partial charge in [0.2, 0.25) is 0 Å². The van der Waals surface area contributed by atoms with Gasteiger partial charge < -0.3 is 4.74 Å². The molecule has 0 aliphatic heterocycles. The highest BCUT2D eigenvalue weighted by molar-refractivity contribution is 9.10. The van der Waals surface area contributed by atoms with Crippen LogP contribution in [0.2, 0.25) is 5.15 Å². The largest absolute Gasteiger partial charge is 0.425 e. The quantitative estimate of drug-likeness (QED) is 0.823. The predicted molar refractivity (Wildman–Crippen MR) is 71.8 cm³/mol. The fourth-order valence-electron chi connectivity index (χ4n) is 1.48. The average molecular weight is 316 g/mol. The summed E-state index contributed by atoms with van der Waals surface area (Å²) in [6.07, 6.45) is 1.59. The van der Waals surface area contributed by atoms with Crippen molar-refractivity contribution in [1.29, 1.82) is 0 Å². The summed E-state index contributed by atoms with van der Waals surface area (Å²) >= 11 is 9.42. The second kappa shape index (κ2) is 5.10. The highest BCUT2D eigenvalue weighted by Gasteiger charge is 2.13. The van der Waals surface area contributed by atoms with Crippen LogP contribution >= 0.6 is 27.5 Å². The summed E-state index contributed by atoms with van der Waals surface area (Å²) in [6.45, 7) is 4.06. The number of nitrogens with zero attached hydrogens (tertiary/aromatic N) is 2. The Bertz CT molecular complexity index is 508. The summed E-state index contributed by atoms with van der Waals surface area (Å²) in [5.41, 5.74) is 0. The molecule has 0 fully saturated rings. The van der Waals surface area contributed by atoms with Crippen LogP contribution in [0.5, 0.6) is 11.8 Å². The maximum Gasteiger partial charge on any atom is 0.303 e. The van der Waals surface area contributed by atoms with E-state index in [9.17, 15) is 0 Å². The van der Waals surface area contributed by atoms with Crippen LogP contribution in [0.3, 0.4) is 0 Å². The smallest absolute Gasteiger partial charge is 0.303 e. The highest BCUT2D eigenvalue weighted by atomic mass is 79.9. The van der Waals surface area contributed by atoms with Crippen LogP contribution < -0.4 is 4.74 Å². The van der Waals surface area contributed by atoms with Gasteiger partial charge in [0, 0.05) is 10.5 Å². The zero-order valence-corrected chi connectivity index (χ0v) is 11.9. The lowest BCUT2D eigenvalue weighted by molar-refractivity contribution is 0.396. The van der Waals surface area contributed by atoms with E-state index >= 15 is 0 Å². The van der Waals surface area contributed by atoms with Gasteiger partial charge in [0.15, 0.2) is 0 Å². The molecule has 90 valence electrons. The molecule has 0 atom stereocenters. The Balaban J connectivity index is 2.27. The first kappa shape index (κ1) is 12.5. The summed E-state index contributed by atoms with van der Waals surface area (Å²) in [4.78, 5) is 4.15. The van der Waals surface area contributed by atoms with Gasteiger partial charge >= 0.3 is 6.01 Å². The molecule has 1 aromatic heterocycles. The standard InChI is InChI=1S/C12H12BrClN2O/c1-8(2)16-11(14)7-15-12(16)17-10-5-3-9(13)4-6-10/h3-8H,1-2H3. The van der Waals surface area contributed by atoms with E-state index < -0.39 is 0 Å². The summed E-state index contributed by atoms with van der Waals surface area (Å²) < 4.78 is 8.54. The number of hydrogen-bond donors (Lipinski definition) is 0. The van der Waals surface area contributed by atoms with Crippen molar-refractivity contribution in [2.45, 2.75) is 19.9 Å². The van der Waals surface area contributed by atoms with Crippen LogP contribution in [-0.4, -0.2) is 9.55 Å². The molecule has 1 heterocycles. The maximum atomic E-state index is 6.04. The maximum absolute atomic E-state index is 6.04. The fraction of sp³-hybridized carbons (Fsp3) is 0.250. The van der Waals surface area contributed by atoms with E-state index in [0.29, 0.717) is 11.2 Å². The molecule has 2 aromatic rings. The fourth-order valence-corrected chi connectivity index (χ4v) is 2.06. The Morgan fingerprint density at radius 2 is 1.94 bits per heavy atom. The normalized spacial score (nSPS) is 10.9. The molecule has 3 nitrogen and oxygen atoms in total. The first-order valence-electron chi connectivity index (χ1n) is 5.24. The number of ether oxygens (including phenoxy) is 1. The molecule has 0 spiro atoms. The van der Waals surface area contributed by atoms with Gasteiger partial charge in [0.1, 0.15) is 10.9 Å². The third kappa shape index (κ3) is 2.82. The van der Waals surface area contributed by atoms with E-state index in [1.807, 2.05) is 42.7 Å². The van der Waals surface area contributed by atoms with Crippen molar-refractivity contribution in [3.63, 3.8) is 0 Å². The molecule has 0 aliphatic carbocycles. The van der Waals surface area contributed by atoms with Crippen molar-refractivity contribution in [2.75, 3.05) is 0 Å². The molecule has 0 bridgehead atoms. The molecule has 0 radical (unpaired) electrons. The van der Waals surface area contributed by atoms with Crippen LogP contribution in [-0.2, 0) is 0 Å². The number of aromatic nitrogens is 2. The van der Waals surface area contributed by atoms with Gasteiger partial charge in [-0.2, -0.15) is 0 Å². The zero-order chi connectivity index (χ0) is 12.4. The number of hydrogen-bond acceptors (Lipinski definition) is 2. The number of rotatable bonds is 3. The van der Waals surface area contributed by atoms with Gasteiger partial charge in [-0.05, 0) is 38.1 Å². The van der Waals surface area contributed by atoms with Gasteiger partial charge in [0.05, 0.1) is 6.20 Å². The van der Waals surface area contributed by atoms with Gasteiger partial charge in [0.25, 0.3) is 0 Å². The summed E-state index contributed by atoms with van der Waals surface area (Å²) in [7, 11) is 0. The molecule has 0 N–H and O–H groups in total. The summed E-state index contributed by atoms with van der Waals surface area (Å²) in [6, 6.07) is 8.29. The second-order valence-electron chi connectivity index (χ2n) is 3.88. The molecule has 0 saturated carbocycles. The molecule has 17 heavy (non-hydrogen) atoms. The first-order valence-corrected chi connectivity index (χ1v) is 6.41. The molecule has 5 heteroatoms. The predicted octanol–water partition coefficient (Wildman–Crippen LogP) is 4.67. The molecular weight excluding hydrogens is 304 g/mol. The monoisotopic (exact) mass is 314 g/mol. The van der Waals surface area contributed by atoms with Crippen molar-refractivity contribution in [3.8, 4) is 11.8 Å². The first-order chi connectivity index (χ1) is 8.08. The molecule has 1 aromatic carbocycles. The van der Waals surface area contributed by atoms with Crippen LogP contribution in [0.15, 0.2) is 34.9 Å². The Morgan fingerprint density at radius 3 is 2.53 bits per heavy atom. The summed E-state index contributed by atoms with van der Waals surface area (Å²) in [5.74, 6) is 0.734. The minimum absolute atomic E-state index is 0.204. The topological polar surface area (TPSA) is 27.1 Å². The second-order valence-corrected chi connectivity index (χ2v) is 5.19. The lowest BCUT2D eigenvalue weighted by Gasteiger charge is -2.12. The third-order valence-corrected chi connectivity index (χ3v) is 3.07. The Kier molecular flexibility index (Phi) is 3.74. The van der Waals surface area contributed by atoms with E-state index in [2.05, 4.69) is 20.9 Å². The van der Waals surface area contributed by atoms with Crippen molar-refractivity contribution in [1.82, 2.24) is 9.55 Å². The Labute approximate surface area is 114 Å². The molecule has 2 rings (SSSR count). The van der Waals surface area contributed by atoms with Crippen molar-refractivity contribution < 1.29 is 4.74 Å². The molecule has 0 saturated heterocycles. The minimum atomic E-state index is 0.204. The van der Waals surface area contributed by atoms with E-state index in [0.717, 1.165) is 10.2 Å². The van der Waals surface area contributed by atoms with Crippen molar-refractivity contribution in [3.05, 3.63) is 40.1 Å².